The van der Waals surface area contributed by atoms with Gasteiger partial charge in [0.1, 0.15) is 5.82 Å². The number of ether oxygens (including phenoxy) is 1. The van der Waals surface area contributed by atoms with E-state index >= 15 is 0 Å². The van der Waals surface area contributed by atoms with Crippen molar-refractivity contribution in [2.75, 3.05) is 0 Å². The molecule has 1 heterocycles. The topological polar surface area (TPSA) is 44.1 Å². The molecular weight excluding hydrogens is 343 g/mol. The van der Waals surface area contributed by atoms with E-state index in [0.29, 0.717) is 16.9 Å². The third-order valence-corrected chi connectivity index (χ3v) is 4.02. The highest BCUT2D eigenvalue weighted by molar-refractivity contribution is 5.91. The van der Waals surface area contributed by atoms with E-state index in [1.807, 2.05) is 36.4 Å². The molecule has 3 aromatic carbocycles. The smallest absolute Gasteiger partial charge is 0.344 e. The number of carbonyl (C=O) groups excluding carboxylic acids is 1. The number of halogens is 1. The minimum Gasteiger partial charge on any atom is -0.404 e. The summed E-state index contributed by atoms with van der Waals surface area (Å²) in [5.41, 5.74) is 2.56. The van der Waals surface area contributed by atoms with E-state index in [9.17, 15) is 9.18 Å². The first kappa shape index (κ1) is 16.7. The van der Waals surface area contributed by atoms with Crippen LogP contribution in [0.4, 0.5) is 4.39 Å². The lowest BCUT2D eigenvalue weighted by Crippen LogP contribution is -2.11. The molecule has 0 atom stereocenters. The summed E-state index contributed by atoms with van der Waals surface area (Å²) >= 11 is 0. The number of nitrogens with zero attached hydrogens (tertiary/aromatic N) is 2. The number of hydrogen-bond donors (Lipinski definition) is 0. The normalized spacial score (nSPS) is 10.6. The van der Waals surface area contributed by atoms with Gasteiger partial charge in [-0.25, -0.2) is 13.9 Å². The van der Waals surface area contributed by atoms with E-state index in [4.69, 9.17) is 4.74 Å². The van der Waals surface area contributed by atoms with Crippen molar-refractivity contribution in [3.05, 3.63) is 102 Å². The van der Waals surface area contributed by atoms with Gasteiger partial charge in [0, 0.05) is 11.6 Å². The number of aromatic nitrogens is 2. The summed E-state index contributed by atoms with van der Waals surface area (Å²) < 4.78 is 20.4. The van der Waals surface area contributed by atoms with Crippen LogP contribution in [0.15, 0.2) is 91.0 Å². The molecule has 0 radical (unpaired) electrons. The highest BCUT2D eigenvalue weighted by Crippen LogP contribution is 2.27. The van der Waals surface area contributed by atoms with Crippen LogP contribution in [0.2, 0.25) is 0 Å². The van der Waals surface area contributed by atoms with Crippen molar-refractivity contribution in [1.82, 2.24) is 9.78 Å². The average Bonchev–Trinajstić information content (AvgIpc) is 3.13. The van der Waals surface area contributed by atoms with Crippen molar-refractivity contribution >= 4 is 5.97 Å². The molecule has 0 N–H and O–H groups in total. The van der Waals surface area contributed by atoms with Crippen molar-refractivity contribution in [1.29, 1.82) is 0 Å². The van der Waals surface area contributed by atoms with Crippen molar-refractivity contribution < 1.29 is 13.9 Å². The minimum absolute atomic E-state index is 0.259. The van der Waals surface area contributed by atoms with Crippen LogP contribution in [0, 0.1) is 5.82 Å². The Morgan fingerprint density at radius 1 is 0.852 bits per heavy atom. The number of hydrogen-bond acceptors (Lipinski definition) is 3. The second-order valence-electron chi connectivity index (χ2n) is 5.88. The number of esters is 1. The molecule has 1 aromatic heterocycles. The molecule has 0 aliphatic heterocycles. The molecule has 4 nitrogen and oxygen atoms in total. The Bertz CT molecular complexity index is 1060. The van der Waals surface area contributed by atoms with Crippen LogP contribution in [0.5, 0.6) is 5.88 Å². The number of carbonyl (C=O) groups is 1. The van der Waals surface area contributed by atoms with Gasteiger partial charge in [-0.1, -0.05) is 48.5 Å². The fourth-order valence-electron chi connectivity index (χ4n) is 2.68. The van der Waals surface area contributed by atoms with Crippen LogP contribution in [-0.2, 0) is 0 Å². The highest BCUT2D eigenvalue weighted by atomic mass is 19.1. The summed E-state index contributed by atoms with van der Waals surface area (Å²) in [6.07, 6.45) is 0. The lowest BCUT2D eigenvalue weighted by molar-refractivity contribution is 0.0723. The Balaban J connectivity index is 1.75. The maximum atomic E-state index is 13.3. The van der Waals surface area contributed by atoms with Gasteiger partial charge in [0.05, 0.1) is 16.9 Å². The summed E-state index contributed by atoms with van der Waals surface area (Å²) in [7, 11) is 0. The van der Waals surface area contributed by atoms with Gasteiger partial charge in [0.15, 0.2) is 0 Å². The van der Waals surface area contributed by atoms with Crippen LogP contribution in [-0.4, -0.2) is 15.7 Å². The molecule has 5 heteroatoms. The molecule has 0 unspecified atom stereocenters. The molecule has 27 heavy (non-hydrogen) atoms. The lowest BCUT2D eigenvalue weighted by atomic mass is 10.2. The molecule has 0 aliphatic carbocycles. The second kappa shape index (κ2) is 7.25. The molecule has 0 spiro atoms. The van der Waals surface area contributed by atoms with Crippen LogP contribution < -0.4 is 4.74 Å². The molecule has 4 rings (SSSR count). The quantitative estimate of drug-likeness (QED) is 0.488. The van der Waals surface area contributed by atoms with Crippen molar-refractivity contribution in [2.24, 2.45) is 0 Å². The first-order valence-electron chi connectivity index (χ1n) is 8.39. The summed E-state index contributed by atoms with van der Waals surface area (Å²) in [5, 5.41) is 4.54. The molecule has 4 aromatic rings. The predicted octanol–water partition coefficient (Wildman–Crippen LogP) is 4.90. The van der Waals surface area contributed by atoms with E-state index in [1.165, 1.54) is 16.8 Å². The van der Waals surface area contributed by atoms with Gasteiger partial charge in [0.25, 0.3) is 0 Å². The van der Waals surface area contributed by atoms with E-state index in [2.05, 4.69) is 5.10 Å². The zero-order valence-corrected chi connectivity index (χ0v) is 14.2. The SMILES string of the molecule is O=C(Oc1cc(-c2ccccc2)nn1-c1ccc(F)cc1)c1ccccc1. The van der Waals surface area contributed by atoms with Gasteiger partial charge in [0.2, 0.25) is 5.88 Å². The summed E-state index contributed by atoms with van der Waals surface area (Å²) in [4.78, 5) is 12.5. The largest absolute Gasteiger partial charge is 0.404 e. The zero-order valence-electron chi connectivity index (χ0n) is 14.2. The van der Waals surface area contributed by atoms with E-state index in [-0.39, 0.29) is 11.7 Å². The number of rotatable bonds is 4. The van der Waals surface area contributed by atoms with Crippen LogP contribution in [0.3, 0.4) is 0 Å². The zero-order chi connectivity index (χ0) is 18.6. The molecule has 0 saturated heterocycles. The van der Waals surface area contributed by atoms with E-state index in [0.717, 1.165) is 5.56 Å². The van der Waals surface area contributed by atoms with Gasteiger partial charge >= 0.3 is 5.97 Å². The Kier molecular flexibility index (Phi) is 4.49. The van der Waals surface area contributed by atoms with Crippen molar-refractivity contribution in [3.63, 3.8) is 0 Å². The van der Waals surface area contributed by atoms with Gasteiger partial charge in [-0.15, -0.1) is 0 Å². The molecule has 0 amide bonds. The predicted molar refractivity (Wildman–Crippen MR) is 100 cm³/mol. The fraction of sp³-hybridized carbons (Fsp3) is 0. The van der Waals surface area contributed by atoms with Gasteiger partial charge in [-0.2, -0.15) is 5.10 Å². The lowest BCUT2D eigenvalue weighted by Gasteiger charge is -2.07. The molecule has 0 saturated carbocycles. The third-order valence-electron chi connectivity index (χ3n) is 4.02. The third kappa shape index (κ3) is 3.62. The Morgan fingerprint density at radius 3 is 2.15 bits per heavy atom. The maximum absolute atomic E-state index is 13.3. The van der Waals surface area contributed by atoms with Gasteiger partial charge in [-0.05, 0) is 36.4 Å². The monoisotopic (exact) mass is 358 g/mol. The van der Waals surface area contributed by atoms with Crippen LogP contribution in [0.1, 0.15) is 10.4 Å². The maximum Gasteiger partial charge on any atom is 0.344 e. The minimum atomic E-state index is -0.488. The number of benzene rings is 3. The Morgan fingerprint density at radius 2 is 1.48 bits per heavy atom. The van der Waals surface area contributed by atoms with Crippen molar-refractivity contribution in [2.45, 2.75) is 0 Å². The Hall–Kier alpha value is -3.73. The van der Waals surface area contributed by atoms with E-state index < -0.39 is 5.97 Å². The molecule has 0 fully saturated rings. The average molecular weight is 358 g/mol. The first-order chi connectivity index (χ1) is 13.2. The second-order valence-corrected chi connectivity index (χ2v) is 5.88. The molecule has 0 aliphatic rings. The summed E-state index contributed by atoms with van der Waals surface area (Å²) in [6.45, 7) is 0. The van der Waals surface area contributed by atoms with Gasteiger partial charge < -0.3 is 4.74 Å². The van der Waals surface area contributed by atoms with Crippen LogP contribution >= 0.6 is 0 Å². The molecule has 132 valence electrons. The molecule has 0 bridgehead atoms. The summed E-state index contributed by atoms with van der Waals surface area (Å²) in [6, 6.07) is 25.8. The fourth-order valence-corrected chi connectivity index (χ4v) is 2.68. The summed E-state index contributed by atoms with van der Waals surface area (Å²) in [5.74, 6) is -0.579. The van der Waals surface area contributed by atoms with Gasteiger partial charge in [-0.3, -0.25) is 0 Å². The molecular formula is C22H15FN2O2. The highest BCUT2D eigenvalue weighted by Gasteiger charge is 2.16. The first-order valence-corrected chi connectivity index (χ1v) is 8.39. The van der Waals surface area contributed by atoms with Crippen LogP contribution in [0.25, 0.3) is 16.9 Å². The Labute approximate surface area is 155 Å². The van der Waals surface area contributed by atoms with Crippen molar-refractivity contribution in [3.8, 4) is 22.8 Å². The standard InChI is InChI=1S/C22H15FN2O2/c23-18-11-13-19(14-12-18)25-21(27-22(26)17-9-5-2-6-10-17)15-20(24-25)16-7-3-1-4-8-16/h1-15H. The van der Waals surface area contributed by atoms with E-state index in [1.54, 1.807) is 42.5 Å².